The van der Waals surface area contributed by atoms with Crippen LogP contribution in [0.25, 0.3) is 16.9 Å². The summed E-state index contributed by atoms with van der Waals surface area (Å²) in [5.74, 6) is 0.657. The molecule has 0 fully saturated rings. The maximum Gasteiger partial charge on any atom is 0.416 e. The molecule has 0 bridgehead atoms. The number of amides is 2. The van der Waals surface area contributed by atoms with Gasteiger partial charge in [-0.2, -0.15) is 5.10 Å². The molecule has 1 atom stereocenters. The van der Waals surface area contributed by atoms with E-state index < -0.39 is 29.2 Å². The van der Waals surface area contributed by atoms with Crippen molar-refractivity contribution in [3.63, 3.8) is 0 Å². The fraction of sp³-hybridized carbons (Fsp3) is 0.433. The Bertz CT molecular complexity index is 1780. The maximum absolute atomic E-state index is 15.5. The van der Waals surface area contributed by atoms with E-state index in [1.807, 2.05) is 0 Å². The fourth-order valence-corrected chi connectivity index (χ4v) is 5.35. The van der Waals surface area contributed by atoms with Crippen LogP contribution in [-0.2, 0) is 23.1 Å². The Morgan fingerprint density at radius 3 is 2.43 bits per heavy atom. The van der Waals surface area contributed by atoms with Gasteiger partial charge in [-0.25, -0.2) is 14.0 Å². The molecule has 2 aliphatic heterocycles. The summed E-state index contributed by atoms with van der Waals surface area (Å²) in [5, 5.41) is 15.6. The lowest BCUT2D eigenvalue weighted by Gasteiger charge is -2.29. The van der Waals surface area contributed by atoms with Crippen molar-refractivity contribution in [3.05, 3.63) is 47.5 Å². The van der Waals surface area contributed by atoms with Crippen LogP contribution in [0.4, 0.5) is 25.6 Å². The second kappa shape index (κ2) is 10.4. The van der Waals surface area contributed by atoms with E-state index in [0.29, 0.717) is 46.1 Å². The van der Waals surface area contributed by atoms with Gasteiger partial charge in [-0.3, -0.25) is 19.3 Å². The highest BCUT2D eigenvalue weighted by Crippen LogP contribution is 2.44. The van der Waals surface area contributed by atoms with Crippen LogP contribution < -0.4 is 19.7 Å². The molecule has 0 spiro atoms. The first-order valence-electron chi connectivity index (χ1n) is 14.2. The predicted molar refractivity (Wildman–Crippen MR) is 158 cm³/mol. The minimum Gasteiger partial charge on any atom is -0.493 e. The first-order valence-corrected chi connectivity index (χ1v) is 14.2. The summed E-state index contributed by atoms with van der Waals surface area (Å²) >= 11 is 0. The van der Waals surface area contributed by atoms with Crippen molar-refractivity contribution < 1.29 is 32.9 Å². The van der Waals surface area contributed by atoms with Crippen molar-refractivity contribution in [2.45, 2.75) is 65.2 Å². The average molecular weight is 608 g/mol. The van der Waals surface area contributed by atoms with Crippen molar-refractivity contribution in [1.82, 2.24) is 24.4 Å². The minimum atomic E-state index is -0.835. The summed E-state index contributed by atoms with van der Waals surface area (Å²) in [6, 6.07) is 6.34. The largest absolute Gasteiger partial charge is 0.493 e. The molecule has 5 heterocycles. The van der Waals surface area contributed by atoms with Gasteiger partial charge in [0, 0.05) is 29.8 Å². The second-order valence-corrected chi connectivity index (χ2v) is 12.8. The Hall–Kier alpha value is -4.88. The standard InChI is InChI=1S/C30H34FN7O6/c1-29(2,3)43-27(39)33-23-11-20(36(7)35-23)17-10-22-26(38-15-32-34-25(17)38)37(28(40)44-30(4,5)6)12-18-19(31)8-9-21-24(18)16(13-41-21)14-42-22/h8-11,15-16H,12-14H2,1-7H3,(H,33,35,39). The molecule has 1 N–H and O–H groups in total. The molecule has 0 saturated carbocycles. The Morgan fingerprint density at radius 1 is 1.02 bits per heavy atom. The molecule has 44 heavy (non-hydrogen) atoms. The van der Waals surface area contributed by atoms with E-state index in [2.05, 4.69) is 20.6 Å². The number of fused-ring (bicyclic) bond motifs is 3. The monoisotopic (exact) mass is 607 g/mol. The number of nitrogens with zero attached hydrogens (tertiary/aromatic N) is 6. The summed E-state index contributed by atoms with van der Waals surface area (Å²) in [4.78, 5) is 27.6. The summed E-state index contributed by atoms with van der Waals surface area (Å²) in [6.45, 7) is 10.9. The number of carbonyl (C=O) groups is 2. The lowest BCUT2D eigenvalue weighted by molar-refractivity contribution is 0.0572. The topological polar surface area (TPSA) is 134 Å². The van der Waals surface area contributed by atoms with Crippen molar-refractivity contribution in [1.29, 1.82) is 0 Å². The van der Waals surface area contributed by atoms with E-state index in [1.165, 1.54) is 17.3 Å². The first-order chi connectivity index (χ1) is 20.7. The van der Waals surface area contributed by atoms with Gasteiger partial charge in [-0.05, 0) is 59.7 Å². The highest BCUT2D eigenvalue weighted by atomic mass is 19.1. The van der Waals surface area contributed by atoms with Crippen molar-refractivity contribution in [2.75, 3.05) is 23.4 Å². The molecule has 6 rings (SSSR count). The number of pyridine rings is 1. The minimum absolute atomic E-state index is 0.150. The number of hydrogen-bond donors (Lipinski definition) is 1. The third-order valence-electron chi connectivity index (χ3n) is 7.03. The molecule has 0 radical (unpaired) electrons. The third-order valence-corrected chi connectivity index (χ3v) is 7.03. The normalized spacial score (nSPS) is 16.2. The lowest BCUT2D eigenvalue weighted by Crippen LogP contribution is -2.38. The number of rotatable bonds is 2. The molecular formula is C30H34FN7O6. The van der Waals surface area contributed by atoms with Gasteiger partial charge in [-0.1, -0.05) is 0 Å². The van der Waals surface area contributed by atoms with Crippen LogP contribution >= 0.6 is 0 Å². The molecule has 1 aromatic carbocycles. The quantitative estimate of drug-likeness (QED) is 0.317. The van der Waals surface area contributed by atoms with Crippen LogP contribution in [0.3, 0.4) is 0 Å². The van der Waals surface area contributed by atoms with E-state index in [9.17, 15) is 9.59 Å². The van der Waals surface area contributed by atoms with E-state index in [1.54, 1.807) is 75.9 Å². The molecule has 2 aliphatic rings. The predicted octanol–water partition coefficient (Wildman–Crippen LogP) is 5.43. The van der Waals surface area contributed by atoms with E-state index >= 15 is 4.39 Å². The number of nitrogens with one attached hydrogen (secondary N) is 1. The van der Waals surface area contributed by atoms with Crippen LogP contribution in [0.15, 0.2) is 30.6 Å². The SMILES string of the molecule is Cn1nc(NC(=O)OC(C)(C)C)cc1-c1cc2c(n3cnnc13)N(C(=O)OC(C)(C)C)Cc1c(F)ccc3c1C(CO3)CO2. The van der Waals surface area contributed by atoms with E-state index in [-0.39, 0.29) is 30.7 Å². The maximum atomic E-state index is 15.5. The first kappa shape index (κ1) is 29.2. The summed E-state index contributed by atoms with van der Waals surface area (Å²) in [7, 11) is 1.72. The Balaban J connectivity index is 1.49. The van der Waals surface area contributed by atoms with Crippen LogP contribution in [0.1, 0.15) is 58.6 Å². The van der Waals surface area contributed by atoms with Gasteiger partial charge in [-0.15, -0.1) is 10.2 Å². The summed E-state index contributed by atoms with van der Waals surface area (Å²) < 4.78 is 42.1. The van der Waals surface area contributed by atoms with Crippen molar-refractivity contribution in [2.24, 2.45) is 7.05 Å². The number of benzene rings is 1. The summed E-state index contributed by atoms with van der Waals surface area (Å²) in [6.07, 6.45) is 0.0986. The third kappa shape index (κ3) is 5.47. The number of aryl methyl sites for hydroxylation is 1. The zero-order valence-electron chi connectivity index (χ0n) is 25.6. The molecule has 13 nitrogen and oxygen atoms in total. The van der Waals surface area contributed by atoms with Crippen LogP contribution in [-0.4, -0.2) is 61.0 Å². The zero-order valence-corrected chi connectivity index (χ0v) is 25.6. The molecule has 2 amide bonds. The number of carbonyl (C=O) groups excluding carboxylic acids is 2. The van der Waals surface area contributed by atoms with Gasteiger partial charge in [0.2, 0.25) is 0 Å². The van der Waals surface area contributed by atoms with Gasteiger partial charge >= 0.3 is 12.2 Å². The molecule has 14 heteroatoms. The van der Waals surface area contributed by atoms with Crippen molar-refractivity contribution >= 4 is 29.5 Å². The highest BCUT2D eigenvalue weighted by molar-refractivity contribution is 5.92. The van der Waals surface area contributed by atoms with Gasteiger partial charge in [0.25, 0.3) is 0 Å². The molecule has 4 aromatic rings. The fourth-order valence-electron chi connectivity index (χ4n) is 5.35. The number of hydrogen-bond acceptors (Lipinski definition) is 9. The van der Waals surface area contributed by atoms with Gasteiger partial charge < -0.3 is 18.9 Å². The second-order valence-electron chi connectivity index (χ2n) is 12.8. The molecule has 1 unspecified atom stereocenters. The Morgan fingerprint density at radius 2 is 1.73 bits per heavy atom. The van der Waals surface area contributed by atoms with Gasteiger partial charge in [0.05, 0.1) is 31.4 Å². The Labute approximate surface area is 252 Å². The zero-order chi connectivity index (χ0) is 31.6. The molecule has 0 aliphatic carbocycles. The van der Waals surface area contributed by atoms with Crippen molar-refractivity contribution in [3.8, 4) is 22.8 Å². The summed E-state index contributed by atoms with van der Waals surface area (Å²) in [5.41, 5.74) is 0.965. The average Bonchev–Trinajstić information content (AvgIpc) is 3.63. The number of halogens is 1. The van der Waals surface area contributed by atoms with E-state index in [4.69, 9.17) is 18.9 Å². The number of anilines is 2. The molecule has 0 saturated heterocycles. The van der Waals surface area contributed by atoms with Crippen LogP contribution in [0, 0.1) is 5.82 Å². The van der Waals surface area contributed by atoms with Crippen LogP contribution in [0.2, 0.25) is 0 Å². The molecule has 3 aromatic heterocycles. The highest BCUT2D eigenvalue weighted by Gasteiger charge is 2.37. The number of ether oxygens (including phenoxy) is 4. The molecule has 232 valence electrons. The Kier molecular flexibility index (Phi) is 6.89. The smallest absolute Gasteiger partial charge is 0.416 e. The van der Waals surface area contributed by atoms with Gasteiger partial charge in [0.15, 0.2) is 23.0 Å². The van der Waals surface area contributed by atoms with E-state index in [0.717, 1.165) is 0 Å². The molecular weight excluding hydrogens is 573 g/mol. The van der Waals surface area contributed by atoms with Gasteiger partial charge in [0.1, 0.15) is 29.1 Å². The lowest BCUT2D eigenvalue weighted by atomic mass is 9.95. The number of aromatic nitrogens is 5. The van der Waals surface area contributed by atoms with Crippen LogP contribution in [0.5, 0.6) is 11.5 Å².